The summed E-state index contributed by atoms with van der Waals surface area (Å²) in [4.78, 5) is 3.98. The van der Waals surface area contributed by atoms with Gasteiger partial charge >= 0.3 is 0 Å². The first-order chi connectivity index (χ1) is 5.43. The lowest BCUT2D eigenvalue weighted by Crippen LogP contribution is -1.73. The van der Waals surface area contributed by atoms with E-state index < -0.39 is 0 Å². The molecule has 0 unspecified atom stereocenters. The molecule has 0 saturated heterocycles. The van der Waals surface area contributed by atoms with Crippen LogP contribution < -0.4 is 0 Å². The third kappa shape index (κ3) is 3.19. The second-order valence-electron chi connectivity index (χ2n) is 2.17. The zero-order valence-corrected chi connectivity index (χ0v) is 6.96. The van der Waals surface area contributed by atoms with Crippen molar-refractivity contribution in [2.45, 2.75) is 6.42 Å². The molecule has 1 nitrogen and oxygen atoms in total. The van der Waals surface area contributed by atoms with Gasteiger partial charge in [0.2, 0.25) is 0 Å². The first kappa shape index (κ1) is 8.28. The largest absolute Gasteiger partial charge is 0.264 e. The zero-order valence-electron chi connectivity index (χ0n) is 6.20. The quantitative estimate of drug-likeness (QED) is 0.631. The molecule has 2 heteroatoms. The van der Waals surface area contributed by atoms with Crippen LogP contribution in [0.5, 0.6) is 0 Å². The highest BCUT2D eigenvalue weighted by atomic mass is 35.5. The van der Waals surface area contributed by atoms with Crippen molar-refractivity contribution >= 4 is 17.7 Å². The first-order valence-corrected chi connectivity index (χ1v) is 4.09. The third-order valence-corrected chi connectivity index (χ3v) is 1.49. The molecule has 0 aromatic carbocycles. The van der Waals surface area contributed by atoms with Gasteiger partial charge in [-0.3, -0.25) is 4.98 Å². The maximum absolute atomic E-state index is 5.50. The molecule has 0 spiro atoms. The molecule has 0 N–H and O–H groups in total. The molecule has 0 aliphatic rings. The van der Waals surface area contributed by atoms with Gasteiger partial charge in [-0.25, -0.2) is 0 Å². The van der Waals surface area contributed by atoms with Crippen LogP contribution >= 0.6 is 11.6 Å². The number of alkyl halides is 1. The van der Waals surface area contributed by atoms with Crippen molar-refractivity contribution in [2.75, 3.05) is 5.88 Å². The van der Waals surface area contributed by atoms with E-state index in [1.54, 1.807) is 6.20 Å². The van der Waals surface area contributed by atoms with Crippen molar-refractivity contribution in [1.29, 1.82) is 0 Å². The normalized spacial score (nSPS) is 10.6. The second-order valence-corrected chi connectivity index (χ2v) is 2.54. The molecule has 58 valence electrons. The molecule has 0 amide bonds. The minimum absolute atomic E-state index is 0.677. The molecule has 1 aromatic heterocycles. The monoisotopic (exact) mass is 167 g/mol. The molecule has 0 aliphatic heterocycles. The maximum atomic E-state index is 5.50. The van der Waals surface area contributed by atoms with E-state index in [0.717, 1.165) is 12.0 Å². The Bertz CT molecular complexity index is 218. The van der Waals surface area contributed by atoms with E-state index in [1.807, 2.05) is 30.5 Å². The number of hydrogen-bond donors (Lipinski definition) is 0. The molecule has 1 rings (SSSR count). The number of pyridine rings is 1. The fourth-order valence-corrected chi connectivity index (χ4v) is 0.883. The number of allylic oxidation sites excluding steroid dienone is 1. The smallest absolute Gasteiger partial charge is 0.0340 e. The van der Waals surface area contributed by atoms with Gasteiger partial charge in [0.05, 0.1) is 0 Å². The maximum Gasteiger partial charge on any atom is 0.0340 e. The summed E-state index contributed by atoms with van der Waals surface area (Å²) >= 11 is 5.50. The fourth-order valence-electron chi connectivity index (χ4n) is 0.757. The van der Waals surface area contributed by atoms with E-state index in [9.17, 15) is 0 Å². The third-order valence-electron chi connectivity index (χ3n) is 1.27. The van der Waals surface area contributed by atoms with Gasteiger partial charge in [-0.2, -0.15) is 0 Å². The molecular weight excluding hydrogens is 158 g/mol. The summed E-state index contributed by atoms with van der Waals surface area (Å²) in [6, 6.07) is 3.93. The number of nitrogens with zero attached hydrogens (tertiary/aromatic N) is 1. The van der Waals surface area contributed by atoms with Crippen LogP contribution in [0.3, 0.4) is 0 Å². The average Bonchev–Trinajstić information content (AvgIpc) is 2.07. The van der Waals surface area contributed by atoms with E-state index >= 15 is 0 Å². The second kappa shape index (κ2) is 4.91. The summed E-state index contributed by atoms with van der Waals surface area (Å²) in [5, 5.41) is 0. The lowest BCUT2D eigenvalue weighted by molar-refractivity contribution is 1.24. The van der Waals surface area contributed by atoms with Gasteiger partial charge in [0, 0.05) is 18.3 Å². The SMILES string of the molecule is ClCCC=Cc1cccnc1. The van der Waals surface area contributed by atoms with Crippen molar-refractivity contribution < 1.29 is 0 Å². The van der Waals surface area contributed by atoms with Crippen molar-refractivity contribution in [2.24, 2.45) is 0 Å². The number of hydrogen-bond acceptors (Lipinski definition) is 1. The molecule has 0 saturated carbocycles. The summed E-state index contributed by atoms with van der Waals surface area (Å²) in [5.74, 6) is 0.677. The molecule has 0 radical (unpaired) electrons. The predicted molar refractivity (Wildman–Crippen MR) is 48.6 cm³/mol. The molecule has 11 heavy (non-hydrogen) atoms. The van der Waals surface area contributed by atoms with E-state index in [2.05, 4.69) is 4.98 Å². The number of halogens is 1. The van der Waals surface area contributed by atoms with Gasteiger partial charge in [0.15, 0.2) is 0 Å². The summed E-state index contributed by atoms with van der Waals surface area (Å²) in [6.45, 7) is 0. The van der Waals surface area contributed by atoms with Gasteiger partial charge in [0.25, 0.3) is 0 Å². The van der Waals surface area contributed by atoms with Gasteiger partial charge in [-0.1, -0.05) is 18.2 Å². The van der Waals surface area contributed by atoms with Gasteiger partial charge in [-0.15, -0.1) is 11.6 Å². The summed E-state index contributed by atoms with van der Waals surface area (Å²) in [7, 11) is 0. The van der Waals surface area contributed by atoms with E-state index in [4.69, 9.17) is 11.6 Å². The van der Waals surface area contributed by atoms with Crippen LogP contribution in [0.4, 0.5) is 0 Å². The van der Waals surface area contributed by atoms with Crippen LogP contribution in [0.25, 0.3) is 6.08 Å². The van der Waals surface area contributed by atoms with Crippen LogP contribution in [-0.2, 0) is 0 Å². The van der Waals surface area contributed by atoms with E-state index in [1.165, 1.54) is 0 Å². The van der Waals surface area contributed by atoms with Crippen LogP contribution in [0.2, 0.25) is 0 Å². The zero-order chi connectivity index (χ0) is 7.94. The van der Waals surface area contributed by atoms with E-state index in [0.29, 0.717) is 5.88 Å². The topological polar surface area (TPSA) is 12.9 Å². The lowest BCUT2D eigenvalue weighted by Gasteiger charge is -1.88. The fraction of sp³-hybridized carbons (Fsp3) is 0.222. The highest BCUT2D eigenvalue weighted by molar-refractivity contribution is 6.17. The molecule has 1 heterocycles. The Morgan fingerprint density at radius 1 is 1.55 bits per heavy atom. The summed E-state index contributed by atoms with van der Waals surface area (Å²) in [5.41, 5.74) is 1.12. The molecular formula is C9H10ClN. The molecule has 1 aromatic rings. The number of aromatic nitrogens is 1. The van der Waals surface area contributed by atoms with Crippen molar-refractivity contribution in [3.05, 3.63) is 36.2 Å². The molecule has 0 aliphatic carbocycles. The van der Waals surface area contributed by atoms with Crippen LogP contribution in [0, 0.1) is 0 Å². The predicted octanol–water partition coefficient (Wildman–Crippen LogP) is 2.72. The van der Waals surface area contributed by atoms with Crippen LogP contribution in [0.1, 0.15) is 12.0 Å². The van der Waals surface area contributed by atoms with Crippen molar-refractivity contribution in [1.82, 2.24) is 4.98 Å². The average molecular weight is 168 g/mol. The molecule has 0 fully saturated rings. The Morgan fingerprint density at radius 3 is 3.09 bits per heavy atom. The standard InChI is InChI=1S/C9H10ClN/c10-6-2-1-4-9-5-3-7-11-8-9/h1,3-5,7-8H,2,6H2. The number of rotatable bonds is 3. The molecule has 0 bridgehead atoms. The van der Waals surface area contributed by atoms with Crippen molar-refractivity contribution in [3.8, 4) is 0 Å². The molecule has 0 atom stereocenters. The Labute approximate surface area is 71.7 Å². The van der Waals surface area contributed by atoms with Crippen LogP contribution in [-0.4, -0.2) is 10.9 Å². The van der Waals surface area contributed by atoms with E-state index in [-0.39, 0.29) is 0 Å². The van der Waals surface area contributed by atoms with Crippen LogP contribution in [0.15, 0.2) is 30.6 Å². The highest BCUT2D eigenvalue weighted by Crippen LogP contribution is 1.99. The highest BCUT2D eigenvalue weighted by Gasteiger charge is 1.81. The first-order valence-electron chi connectivity index (χ1n) is 3.56. The Kier molecular flexibility index (Phi) is 3.70. The van der Waals surface area contributed by atoms with Crippen molar-refractivity contribution in [3.63, 3.8) is 0 Å². The minimum atomic E-state index is 0.677. The lowest BCUT2D eigenvalue weighted by atomic mass is 10.2. The summed E-state index contributed by atoms with van der Waals surface area (Å²) < 4.78 is 0. The van der Waals surface area contributed by atoms with Gasteiger partial charge in [0.1, 0.15) is 0 Å². The Balaban J connectivity index is 2.50. The van der Waals surface area contributed by atoms with Gasteiger partial charge < -0.3 is 0 Å². The Hall–Kier alpha value is -0.820. The van der Waals surface area contributed by atoms with Gasteiger partial charge in [-0.05, 0) is 18.1 Å². The minimum Gasteiger partial charge on any atom is -0.264 e. The summed E-state index contributed by atoms with van der Waals surface area (Å²) in [6.07, 6.45) is 8.57. The Morgan fingerprint density at radius 2 is 2.45 bits per heavy atom.